The Morgan fingerprint density at radius 3 is 2.61 bits per heavy atom. The van der Waals surface area contributed by atoms with Crippen LogP contribution in [0.2, 0.25) is 10.0 Å². The van der Waals surface area contributed by atoms with E-state index in [-0.39, 0.29) is 16.5 Å². The zero-order valence-corrected chi connectivity index (χ0v) is 14.6. The topological polar surface area (TPSA) is 20.3 Å². The second-order valence-corrected chi connectivity index (χ2v) is 7.15. The van der Waals surface area contributed by atoms with Gasteiger partial charge in [-0.2, -0.15) is 0 Å². The fourth-order valence-electron chi connectivity index (χ4n) is 2.09. The first-order valence-corrected chi connectivity index (χ1v) is 8.43. The van der Waals surface area contributed by atoms with Gasteiger partial charge in [-0.1, -0.05) is 59.3 Å². The quantitative estimate of drug-likeness (QED) is 0.501. The fraction of sp³-hybridized carbons (Fsp3) is 0. The predicted molar refractivity (Wildman–Crippen MR) is 98.5 cm³/mol. The summed E-state index contributed by atoms with van der Waals surface area (Å²) in [6.45, 7) is 0. The fourth-order valence-corrected chi connectivity index (χ4v) is 3.77. The number of hydrogen-bond donors (Lipinski definition) is 0. The van der Waals surface area contributed by atoms with Crippen LogP contribution >= 0.6 is 47.2 Å². The Bertz CT molecular complexity index is 833. The van der Waals surface area contributed by atoms with Crippen molar-refractivity contribution in [1.29, 1.82) is 0 Å². The zero-order chi connectivity index (χ0) is 16.6. The van der Waals surface area contributed by atoms with Crippen LogP contribution in [0, 0.1) is 5.82 Å². The molecular weight excluding hydrogens is 376 g/mol. The number of amides is 1. The van der Waals surface area contributed by atoms with Crippen molar-refractivity contribution in [2.24, 2.45) is 0 Å². The van der Waals surface area contributed by atoms with Gasteiger partial charge in [0.1, 0.15) is 5.82 Å². The summed E-state index contributed by atoms with van der Waals surface area (Å²) in [5.74, 6) is -0.827. The zero-order valence-electron chi connectivity index (χ0n) is 11.4. The molecule has 2 aromatic carbocycles. The molecule has 0 bridgehead atoms. The molecule has 7 heteroatoms. The van der Waals surface area contributed by atoms with Crippen LogP contribution in [0.15, 0.2) is 47.4 Å². The number of thioether (sulfide) groups is 1. The maximum absolute atomic E-state index is 13.9. The third kappa shape index (κ3) is 3.28. The lowest BCUT2D eigenvalue weighted by molar-refractivity contribution is -0.113. The largest absolute Gasteiger partial charge is 0.270 e. The number of carbonyl (C=O) groups is 1. The van der Waals surface area contributed by atoms with Crippen molar-refractivity contribution in [3.8, 4) is 0 Å². The van der Waals surface area contributed by atoms with Crippen molar-refractivity contribution in [2.75, 3.05) is 4.90 Å². The Kier molecular flexibility index (Phi) is 4.73. The molecule has 0 atom stereocenters. The predicted octanol–water partition coefficient (Wildman–Crippen LogP) is 5.54. The summed E-state index contributed by atoms with van der Waals surface area (Å²) in [6, 6.07) is 11.2. The number of hydrogen-bond acceptors (Lipinski definition) is 3. The molecule has 0 aromatic heterocycles. The van der Waals surface area contributed by atoms with Crippen LogP contribution < -0.4 is 4.90 Å². The van der Waals surface area contributed by atoms with E-state index in [1.54, 1.807) is 30.3 Å². The molecule has 1 fully saturated rings. The van der Waals surface area contributed by atoms with E-state index in [2.05, 4.69) is 0 Å². The Morgan fingerprint density at radius 2 is 1.91 bits per heavy atom. The minimum atomic E-state index is -0.495. The van der Waals surface area contributed by atoms with Crippen molar-refractivity contribution >= 4 is 69.2 Å². The number of benzene rings is 2. The van der Waals surface area contributed by atoms with E-state index in [4.69, 9.17) is 35.4 Å². The highest BCUT2D eigenvalue weighted by Gasteiger charge is 2.33. The number of halogens is 3. The highest BCUT2D eigenvalue weighted by molar-refractivity contribution is 8.27. The molecule has 1 aliphatic rings. The monoisotopic (exact) mass is 383 g/mol. The molecule has 23 heavy (non-hydrogen) atoms. The molecule has 1 heterocycles. The van der Waals surface area contributed by atoms with Gasteiger partial charge >= 0.3 is 0 Å². The molecule has 0 N–H and O–H groups in total. The van der Waals surface area contributed by atoms with Crippen molar-refractivity contribution in [2.45, 2.75) is 0 Å². The third-order valence-corrected chi connectivity index (χ3v) is 5.00. The molecule has 1 saturated heterocycles. The van der Waals surface area contributed by atoms with Crippen molar-refractivity contribution < 1.29 is 9.18 Å². The van der Waals surface area contributed by atoms with E-state index in [0.29, 0.717) is 19.9 Å². The summed E-state index contributed by atoms with van der Waals surface area (Å²) < 4.78 is 14.2. The smallest absolute Gasteiger partial charge is 0.268 e. The highest BCUT2D eigenvalue weighted by Crippen LogP contribution is 2.37. The summed E-state index contributed by atoms with van der Waals surface area (Å²) in [5.41, 5.74) is 0.740. The van der Waals surface area contributed by atoms with E-state index < -0.39 is 5.82 Å². The first-order valence-electron chi connectivity index (χ1n) is 6.45. The Hall–Kier alpha value is -1.40. The second kappa shape index (κ2) is 6.61. The van der Waals surface area contributed by atoms with Gasteiger partial charge in [-0.15, -0.1) is 0 Å². The van der Waals surface area contributed by atoms with Gasteiger partial charge in [-0.25, -0.2) is 4.39 Å². The summed E-state index contributed by atoms with van der Waals surface area (Å²) in [4.78, 5) is 14.3. The van der Waals surface area contributed by atoms with Gasteiger partial charge in [0.05, 0.1) is 15.6 Å². The van der Waals surface area contributed by atoms with Crippen molar-refractivity contribution in [3.05, 3.63) is 68.8 Å². The van der Waals surface area contributed by atoms with Gasteiger partial charge in [-0.05, 0) is 36.4 Å². The Balaban J connectivity index is 2.00. The minimum absolute atomic E-state index is 0.167. The Morgan fingerprint density at radius 1 is 1.17 bits per heavy atom. The maximum Gasteiger partial charge on any atom is 0.270 e. The highest BCUT2D eigenvalue weighted by atomic mass is 35.5. The van der Waals surface area contributed by atoms with E-state index in [9.17, 15) is 9.18 Å². The van der Waals surface area contributed by atoms with E-state index in [0.717, 1.165) is 11.8 Å². The van der Waals surface area contributed by atoms with Gasteiger partial charge < -0.3 is 0 Å². The molecule has 2 aromatic rings. The lowest BCUT2D eigenvalue weighted by Crippen LogP contribution is -2.27. The molecular formula is C16H8Cl2FNOS2. The maximum atomic E-state index is 13.9. The van der Waals surface area contributed by atoms with E-state index >= 15 is 0 Å². The molecule has 1 amide bonds. The average Bonchev–Trinajstić information content (AvgIpc) is 2.77. The molecule has 0 radical (unpaired) electrons. The number of anilines is 1. The van der Waals surface area contributed by atoms with Crippen molar-refractivity contribution in [1.82, 2.24) is 0 Å². The first kappa shape index (κ1) is 16.5. The molecule has 0 aliphatic carbocycles. The van der Waals surface area contributed by atoms with E-state index in [1.807, 2.05) is 0 Å². The van der Waals surface area contributed by atoms with Crippen LogP contribution in [0.1, 0.15) is 5.56 Å². The number of rotatable bonds is 2. The normalized spacial score (nSPS) is 16.5. The van der Waals surface area contributed by atoms with Crippen LogP contribution in [-0.4, -0.2) is 10.2 Å². The number of nitrogens with zero attached hydrogens (tertiary/aromatic N) is 1. The van der Waals surface area contributed by atoms with Crippen molar-refractivity contribution in [3.63, 3.8) is 0 Å². The van der Waals surface area contributed by atoms with Crippen LogP contribution in [0.5, 0.6) is 0 Å². The number of thiocarbonyl (C=S) groups is 1. The van der Waals surface area contributed by atoms with Crippen LogP contribution in [0.25, 0.3) is 6.08 Å². The van der Waals surface area contributed by atoms with Gasteiger partial charge in [0, 0.05) is 10.6 Å². The van der Waals surface area contributed by atoms with Crippen LogP contribution in [0.3, 0.4) is 0 Å². The van der Waals surface area contributed by atoms with Gasteiger partial charge in [0.2, 0.25) is 0 Å². The Labute approximate surface area is 151 Å². The minimum Gasteiger partial charge on any atom is -0.268 e. The molecule has 2 nitrogen and oxygen atoms in total. The van der Waals surface area contributed by atoms with Crippen LogP contribution in [0.4, 0.5) is 10.1 Å². The van der Waals surface area contributed by atoms with Crippen LogP contribution in [-0.2, 0) is 4.79 Å². The molecule has 0 spiro atoms. The van der Waals surface area contributed by atoms with Gasteiger partial charge in [0.25, 0.3) is 5.91 Å². The van der Waals surface area contributed by atoms with E-state index in [1.165, 1.54) is 23.1 Å². The SMILES string of the molecule is O=C1/C(=C\c2c(F)cccc2Cl)SC(=S)N1c1cccc(Cl)c1. The molecule has 0 saturated carbocycles. The molecule has 0 unspecified atom stereocenters. The lowest BCUT2D eigenvalue weighted by Gasteiger charge is -2.14. The summed E-state index contributed by atoms with van der Waals surface area (Å²) in [6.07, 6.45) is 1.42. The lowest BCUT2D eigenvalue weighted by atomic mass is 10.2. The molecule has 1 aliphatic heterocycles. The number of carbonyl (C=O) groups excluding carboxylic acids is 1. The van der Waals surface area contributed by atoms with Gasteiger partial charge in [-0.3, -0.25) is 9.69 Å². The summed E-state index contributed by atoms with van der Waals surface area (Å²) in [5, 5.41) is 0.732. The summed E-state index contributed by atoms with van der Waals surface area (Å²) >= 11 is 18.3. The average molecular weight is 384 g/mol. The third-order valence-electron chi connectivity index (χ3n) is 3.14. The first-order chi connectivity index (χ1) is 11.0. The molecule has 116 valence electrons. The summed E-state index contributed by atoms with van der Waals surface area (Å²) in [7, 11) is 0. The second-order valence-electron chi connectivity index (χ2n) is 4.63. The van der Waals surface area contributed by atoms with Gasteiger partial charge in [0.15, 0.2) is 4.32 Å². The molecule has 3 rings (SSSR count). The standard InChI is InChI=1S/C16H8Cl2FNOS2/c17-9-3-1-4-10(7-9)20-15(21)14(23-16(20)22)8-11-12(18)5-2-6-13(11)19/h1-8H/b14-8+.